The third-order valence-corrected chi connectivity index (χ3v) is 11.7. The zero-order valence-electron chi connectivity index (χ0n) is 31.4. The molecular weight excluding hydrogens is 705 g/mol. The van der Waals surface area contributed by atoms with Crippen LogP contribution in [0.5, 0.6) is 0 Å². The Kier molecular flexibility index (Phi) is 7.20. The number of nitrogens with zero attached hydrogens (tertiary/aromatic N) is 4. The Labute approximate surface area is 334 Å². The first kappa shape index (κ1) is 32.4. The molecule has 0 fully saturated rings. The first-order valence-corrected chi connectivity index (χ1v) is 19.8. The van der Waals surface area contributed by atoms with Gasteiger partial charge < -0.3 is 9.13 Å². The summed E-state index contributed by atoms with van der Waals surface area (Å²) in [5.41, 5.74) is 14.6. The Bertz CT molecular complexity index is 3530. The second-order valence-corrected chi connectivity index (χ2v) is 14.9. The Balaban J connectivity index is 1.22. The van der Waals surface area contributed by atoms with E-state index in [9.17, 15) is 0 Å². The van der Waals surface area contributed by atoms with Crippen LogP contribution in [0.3, 0.4) is 0 Å². The van der Waals surface area contributed by atoms with Crippen LogP contribution in [-0.4, -0.2) is 19.1 Å². The standard InChI is InChI=1S/C54H34N4/c1-5-18-35(19-6-1)42-33-50-51(41-28-14-13-26-39(41)42)44-32-43-40-27-15-16-30-46(40)58(48(43)34-49(44)57(50)38-24-11-4-12-25-38)47-31-17-29-45-54(47)56-53(37-22-9-3-10-23-37)52(55-45)36-20-7-2-8-21-36/h1-34H. The molecule has 3 heterocycles. The van der Waals surface area contributed by atoms with E-state index in [2.05, 4.69) is 203 Å². The number of aromatic nitrogens is 4. The Morgan fingerprint density at radius 3 is 1.60 bits per heavy atom. The summed E-state index contributed by atoms with van der Waals surface area (Å²) in [7, 11) is 0. The van der Waals surface area contributed by atoms with Crippen molar-refractivity contribution in [3.05, 3.63) is 206 Å². The molecule has 0 radical (unpaired) electrons. The molecule has 9 aromatic carbocycles. The van der Waals surface area contributed by atoms with Gasteiger partial charge in [0.15, 0.2) is 0 Å². The lowest BCUT2D eigenvalue weighted by molar-refractivity contribution is 1.16. The van der Waals surface area contributed by atoms with Gasteiger partial charge >= 0.3 is 0 Å². The number of rotatable bonds is 5. The van der Waals surface area contributed by atoms with E-state index in [1.165, 1.54) is 49.0 Å². The molecule has 12 rings (SSSR count). The lowest BCUT2D eigenvalue weighted by Crippen LogP contribution is -2.01. The number of hydrogen-bond acceptors (Lipinski definition) is 2. The normalized spacial score (nSPS) is 11.8. The quantitative estimate of drug-likeness (QED) is 0.176. The van der Waals surface area contributed by atoms with Gasteiger partial charge in [0, 0.05) is 38.4 Å². The molecule has 4 heteroatoms. The van der Waals surface area contributed by atoms with Crippen molar-refractivity contribution >= 4 is 65.4 Å². The Morgan fingerprint density at radius 1 is 0.328 bits per heavy atom. The van der Waals surface area contributed by atoms with E-state index in [-0.39, 0.29) is 0 Å². The van der Waals surface area contributed by atoms with Crippen LogP contribution < -0.4 is 0 Å². The molecule has 0 saturated carbocycles. The molecule has 0 aliphatic carbocycles. The summed E-state index contributed by atoms with van der Waals surface area (Å²) >= 11 is 0. The van der Waals surface area contributed by atoms with Gasteiger partial charge in [-0.2, -0.15) is 0 Å². The summed E-state index contributed by atoms with van der Waals surface area (Å²) in [6.07, 6.45) is 0. The lowest BCUT2D eigenvalue weighted by Gasteiger charge is -2.15. The highest BCUT2D eigenvalue weighted by Gasteiger charge is 2.23. The fourth-order valence-corrected chi connectivity index (χ4v) is 9.15. The van der Waals surface area contributed by atoms with Gasteiger partial charge in [-0.25, -0.2) is 9.97 Å². The molecule has 58 heavy (non-hydrogen) atoms. The summed E-state index contributed by atoms with van der Waals surface area (Å²) < 4.78 is 4.85. The average Bonchev–Trinajstić information content (AvgIpc) is 3.80. The van der Waals surface area contributed by atoms with Gasteiger partial charge in [0.25, 0.3) is 0 Å². The second kappa shape index (κ2) is 12.9. The van der Waals surface area contributed by atoms with Gasteiger partial charge in [-0.05, 0) is 70.4 Å². The van der Waals surface area contributed by atoms with Crippen LogP contribution >= 0.6 is 0 Å². The number of benzene rings is 9. The number of para-hydroxylation sites is 3. The van der Waals surface area contributed by atoms with Crippen molar-refractivity contribution in [2.45, 2.75) is 0 Å². The van der Waals surface area contributed by atoms with Gasteiger partial charge in [0.05, 0.1) is 44.7 Å². The first-order chi connectivity index (χ1) is 28.8. The van der Waals surface area contributed by atoms with Crippen molar-refractivity contribution in [2.24, 2.45) is 0 Å². The summed E-state index contributed by atoms with van der Waals surface area (Å²) in [5, 5.41) is 7.36. The molecule has 0 unspecified atom stereocenters. The zero-order valence-corrected chi connectivity index (χ0v) is 31.4. The van der Waals surface area contributed by atoms with Crippen LogP contribution in [-0.2, 0) is 0 Å². The van der Waals surface area contributed by atoms with E-state index in [4.69, 9.17) is 9.97 Å². The maximum Gasteiger partial charge on any atom is 0.113 e. The van der Waals surface area contributed by atoms with Gasteiger partial charge in [-0.15, -0.1) is 0 Å². The van der Waals surface area contributed by atoms with E-state index in [0.29, 0.717) is 0 Å². The largest absolute Gasteiger partial charge is 0.309 e. The van der Waals surface area contributed by atoms with E-state index < -0.39 is 0 Å². The zero-order chi connectivity index (χ0) is 38.2. The summed E-state index contributed by atoms with van der Waals surface area (Å²) in [4.78, 5) is 10.9. The fraction of sp³-hybridized carbons (Fsp3) is 0. The maximum atomic E-state index is 5.54. The minimum absolute atomic E-state index is 0.848. The van der Waals surface area contributed by atoms with Gasteiger partial charge in [0.2, 0.25) is 0 Å². The van der Waals surface area contributed by atoms with Crippen LogP contribution in [0.4, 0.5) is 0 Å². The molecule has 0 atom stereocenters. The van der Waals surface area contributed by atoms with Crippen molar-refractivity contribution in [3.8, 4) is 45.0 Å². The molecule has 0 bridgehead atoms. The molecule has 0 amide bonds. The van der Waals surface area contributed by atoms with Crippen LogP contribution in [0.2, 0.25) is 0 Å². The van der Waals surface area contributed by atoms with E-state index in [1.807, 2.05) is 12.1 Å². The van der Waals surface area contributed by atoms with Gasteiger partial charge in [-0.1, -0.05) is 158 Å². The highest BCUT2D eigenvalue weighted by atomic mass is 15.0. The van der Waals surface area contributed by atoms with Crippen molar-refractivity contribution in [3.63, 3.8) is 0 Å². The molecule has 3 aromatic heterocycles. The van der Waals surface area contributed by atoms with Gasteiger partial charge in [0.1, 0.15) is 5.52 Å². The minimum atomic E-state index is 0.848. The monoisotopic (exact) mass is 738 g/mol. The number of fused-ring (bicyclic) bond motifs is 9. The van der Waals surface area contributed by atoms with E-state index >= 15 is 0 Å². The third kappa shape index (κ3) is 4.88. The molecule has 270 valence electrons. The van der Waals surface area contributed by atoms with Crippen LogP contribution in [0.25, 0.3) is 110 Å². The molecular formula is C54H34N4. The molecule has 4 nitrogen and oxygen atoms in total. The lowest BCUT2D eigenvalue weighted by atomic mass is 9.94. The molecule has 12 aromatic rings. The van der Waals surface area contributed by atoms with Crippen LogP contribution in [0.15, 0.2) is 206 Å². The van der Waals surface area contributed by atoms with Crippen LogP contribution in [0, 0.1) is 0 Å². The first-order valence-electron chi connectivity index (χ1n) is 19.8. The predicted octanol–water partition coefficient (Wildman–Crippen LogP) is 14.0. The summed E-state index contributed by atoms with van der Waals surface area (Å²) in [5.74, 6) is 0. The molecule has 0 saturated heterocycles. The predicted molar refractivity (Wildman–Crippen MR) is 242 cm³/mol. The van der Waals surface area contributed by atoms with E-state index in [0.717, 1.165) is 61.5 Å². The summed E-state index contributed by atoms with van der Waals surface area (Å²) in [6, 6.07) is 73.6. The SMILES string of the molecule is c1ccc(-c2nc3cccc(-n4c5ccccc5c5cc6c7c8ccccc8c(-c8ccccc8)cc7n(-c7ccccc7)c6cc54)c3nc2-c2ccccc2)cc1. The van der Waals surface area contributed by atoms with Crippen LogP contribution in [0.1, 0.15) is 0 Å². The topological polar surface area (TPSA) is 35.6 Å². The molecule has 0 aliphatic rings. The van der Waals surface area contributed by atoms with Crippen molar-refractivity contribution in [2.75, 3.05) is 0 Å². The second-order valence-electron chi connectivity index (χ2n) is 14.9. The smallest absolute Gasteiger partial charge is 0.113 e. The van der Waals surface area contributed by atoms with Crippen molar-refractivity contribution in [1.29, 1.82) is 0 Å². The fourth-order valence-electron chi connectivity index (χ4n) is 9.15. The highest BCUT2D eigenvalue weighted by Crippen LogP contribution is 2.45. The number of hydrogen-bond donors (Lipinski definition) is 0. The Hall–Kier alpha value is -7.82. The maximum absolute atomic E-state index is 5.54. The third-order valence-electron chi connectivity index (χ3n) is 11.7. The minimum Gasteiger partial charge on any atom is -0.309 e. The van der Waals surface area contributed by atoms with E-state index in [1.54, 1.807) is 0 Å². The van der Waals surface area contributed by atoms with Crippen molar-refractivity contribution < 1.29 is 0 Å². The van der Waals surface area contributed by atoms with Crippen molar-refractivity contribution in [1.82, 2.24) is 19.1 Å². The van der Waals surface area contributed by atoms with Gasteiger partial charge in [-0.3, -0.25) is 0 Å². The average molecular weight is 739 g/mol. The Morgan fingerprint density at radius 2 is 0.897 bits per heavy atom. The molecule has 0 spiro atoms. The summed E-state index contributed by atoms with van der Waals surface area (Å²) in [6.45, 7) is 0. The molecule has 0 N–H and O–H groups in total. The highest BCUT2D eigenvalue weighted by molar-refractivity contribution is 6.27. The molecule has 0 aliphatic heterocycles.